The molecule has 0 aromatic carbocycles. The molecule has 1 aromatic heterocycles. The van der Waals surface area contributed by atoms with Gasteiger partial charge in [-0.05, 0) is 11.2 Å². The van der Waals surface area contributed by atoms with Gasteiger partial charge in [-0.1, -0.05) is 5.92 Å². The van der Waals surface area contributed by atoms with Crippen LogP contribution in [0.5, 0.6) is 0 Å². The van der Waals surface area contributed by atoms with Crippen molar-refractivity contribution in [3.8, 4) is 12.3 Å². The molecule has 0 saturated carbocycles. The summed E-state index contributed by atoms with van der Waals surface area (Å²) in [6, 6.07) is 1.33. The van der Waals surface area contributed by atoms with E-state index in [0.29, 0.717) is 0 Å². The molecule has 1 saturated heterocycles. The van der Waals surface area contributed by atoms with Crippen molar-refractivity contribution in [3.63, 3.8) is 0 Å². The summed E-state index contributed by atoms with van der Waals surface area (Å²) < 4.78 is 20.4. The number of halogens is 1. The highest BCUT2D eigenvalue weighted by Gasteiger charge is 2.55. The van der Waals surface area contributed by atoms with Crippen LogP contribution in [-0.2, 0) is 4.74 Å². The summed E-state index contributed by atoms with van der Waals surface area (Å²) in [5.74, 6) is 2.09. The lowest BCUT2D eigenvalue weighted by Gasteiger charge is -2.23. The molecule has 0 bridgehead atoms. The van der Waals surface area contributed by atoms with Crippen LogP contribution >= 0.6 is 0 Å². The third-order valence-corrected chi connectivity index (χ3v) is 3.09. The zero-order valence-electron chi connectivity index (χ0n) is 10.2. The van der Waals surface area contributed by atoms with Crippen molar-refractivity contribution >= 4 is 5.82 Å². The van der Waals surface area contributed by atoms with Crippen molar-refractivity contribution in [2.24, 2.45) is 5.16 Å². The molecule has 2 rings (SSSR count). The highest BCUT2D eigenvalue weighted by atomic mass is 19.1. The van der Waals surface area contributed by atoms with Crippen LogP contribution in [-0.4, -0.2) is 49.5 Å². The molecule has 0 spiro atoms. The average molecular weight is 284 g/mol. The molecule has 9 heteroatoms. The fourth-order valence-corrected chi connectivity index (χ4v) is 1.98. The van der Waals surface area contributed by atoms with Gasteiger partial charge in [0.15, 0.2) is 18.0 Å². The van der Waals surface area contributed by atoms with Gasteiger partial charge in [0.25, 0.3) is 5.62 Å². The van der Waals surface area contributed by atoms with Crippen molar-refractivity contribution in [1.82, 2.24) is 9.55 Å². The summed E-state index contributed by atoms with van der Waals surface area (Å²) in [4.78, 5) is 3.68. The Morgan fingerprint density at radius 3 is 2.90 bits per heavy atom. The number of nitrogen functional groups attached to an aromatic ring is 1. The summed E-state index contributed by atoms with van der Waals surface area (Å²) >= 11 is 0. The van der Waals surface area contributed by atoms with E-state index in [-0.39, 0.29) is 11.4 Å². The minimum absolute atomic E-state index is 0.0494. The third kappa shape index (κ3) is 2.00. The maximum absolute atomic E-state index is 14.2. The Labute approximate surface area is 112 Å². The van der Waals surface area contributed by atoms with Gasteiger partial charge >= 0.3 is 0 Å². The van der Waals surface area contributed by atoms with E-state index in [0.717, 1.165) is 4.57 Å². The lowest BCUT2D eigenvalue weighted by molar-refractivity contribution is -0.0928. The van der Waals surface area contributed by atoms with Crippen molar-refractivity contribution < 1.29 is 24.5 Å². The number of nitrogens with zero attached hydrogens (tertiary/aromatic N) is 3. The number of aliphatic hydroxyl groups excluding tert-OH is 2. The van der Waals surface area contributed by atoms with Gasteiger partial charge in [0, 0.05) is 6.20 Å². The molecule has 2 heterocycles. The minimum atomic E-state index is -1.95. The number of ether oxygens (including phenoxy) is 1. The number of anilines is 1. The number of rotatable bonds is 2. The lowest BCUT2D eigenvalue weighted by Crippen LogP contribution is -2.44. The highest BCUT2D eigenvalue weighted by molar-refractivity contribution is 5.24. The second-order valence-corrected chi connectivity index (χ2v) is 4.25. The van der Waals surface area contributed by atoms with Crippen LogP contribution in [0.4, 0.5) is 10.2 Å². The van der Waals surface area contributed by atoms with Gasteiger partial charge in [0.1, 0.15) is 11.9 Å². The van der Waals surface area contributed by atoms with Crippen molar-refractivity contribution in [2.45, 2.75) is 24.1 Å². The molecular weight excluding hydrogens is 271 g/mol. The van der Waals surface area contributed by atoms with E-state index in [2.05, 4.69) is 10.1 Å². The van der Waals surface area contributed by atoms with Crippen molar-refractivity contribution in [1.29, 1.82) is 0 Å². The van der Waals surface area contributed by atoms with Gasteiger partial charge in [-0.3, -0.25) is 4.57 Å². The van der Waals surface area contributed by atoms with E-state index in [1.165, 1.54) is 12.3 Å². The van der Waals surface area contributed by atoms with Crippen LogP contribution in [0.25, 0.3) is 0 Å². The van der Waals surface area contributed by atoms with Gasteiger partial charge in [-0.2, -0.15) is 4.98 Å². The van der Waals surface area contributed by atoms with E-state index in [4.69, 9.17) is 22.1 Å². The van der Waals surface area contributed by atoms with Crippen LogP contribution in [0, 0.1) is 12.3 Å². The second-order valence-electron chi connectivity index (χ2n) is 4.25. The van der Waals surface area contributed by atoms with E-state index in [1.807, 2.05) is 5.92 Å². The molecule has 20 heavy (non-hydrogen) atoms. The molecule has 5 N–H and O–H groups in total. The molecule has 0 radical (unpaired) electrons. The minimum Gasteiger partial charge on any atom is -0.408 e. The molecule has 0 unspecified atom stereocenters. The first-order valence-electron chi connectivity index (χ1n) is 5.60. The number of hydrogen-bond donors (Lipinski definition) is 4. The Bertz CT molecular complexity index is 613. The molecule has 8 nitrogen and oxygen atoms in total. The number of aliphatic hydroxyl groups is 2. The molecule has 1 aliphatic rings. The number of nitrogens with two attached hydrogens (primary N) is 1. The highest BCUT2D eigenvalue weighted by Crippen LogP contribution is 2.37. The molecule has 0 amide bonds. The van der Waals surface area contributed by atoms with Crippen LogP contribution < -0.4 is 11.4 Å². The Kier molecular flexibility index (Phi) is 3.63. The number of hydrogen-bond acceptors (Lipinski definition) is 7. The summed E-state index contributed by atoms with van der Waals surface area (Å²) in [7, 11) is 0. The first kappa shape index (κ1) is 14.3. The number of aromatic nitrogens is 2. The summed E-state index contributed by atoms with van der Waals surface area (Å²) in [6.45, 7) is -0.768. The SMILES string of the molecule is C#C[C@]1(CO)O[C@@H](n2ccc(N)n/c2=N\O)[C@H](F)[C@@H]1O. The maximum Gasteiger partial charge on any atom is 0.270 e. The van der Waals surface area contributed by atoms with Gasteiger partial charge in [0.2, 0.25) is 0 Å². The van der Waals surface area contributed by atoms with Gasteiger partial charge < -0.3 is 25.9 Å². The molecule has 1 aliphatic heterocycles. The number of terminal acetylenes is 1. The van der Waals surface area contributed by atoms with Crippen LogP contribution in [0.2, 0.25) is 0 Å². The molecule has 1 aromatic rings. The third-order valence-electron chi connectivity index (χ3n) is 3.09. The van der Waals surface area contributed by atoms with Crippen LogP contribution in [0.3, 0.4) is 0 Å². The maximum atomic E-state index is 14.2. The largest absolute Gasteiger partial charge is 0.408 e. The quantitative estimate of drug-likeness (QED) is 0.293. The Morgan fingerprint density at radius 1 is 1.70 bits per heavy atom. The molecule has 4 atom stereocenters. The lowest BCUT2D eigenvalue weighted by atomic mass is 9.98. The second kappa shape index (κ2) is 5.09. The smallest absolute Gasteiger partial charge is 0.270 e. The molecular formula is C11H13FN4O4. The molecule has 1 fully saturated rings. The van der Waals surface area contributed by atoms with E-state index >= 15 is 0 Å². The molecule has 0 aliphatic carbocycles. The van der Waals surface area contributed by atoms with Gasteiger partial charge in [0.05, 0.1) is 6.61 Å². The van der Waals surface area contributed by atoms with Crippen molar-refractivity contribution in [3.05, 3.63) is 17.9 Å². The standard InChI is InChI=1S/C11H13FN4O4/c1-2-11(5-17)8(18)7(12)9(20-11)16-4-3-6(13)14-10(16)15-19/h1,3-4,7-9,17-19H,5H2,(H2,13,14,15)/t7-,8+,9-,11-/m1/s1. The predicted molar refractivity (Wildman–Crippen MR) is 63.7 cm³/mol. The average Bonchev–Trinajstić information content (AvgIpc) is 2.72. The summed E-state index contributed by atoms with van der Waals surface area (Å²) in [6.07, 6.45) is 1.36. The Hall–Kier alpha value is -2.15. The zero-order chi connectivity index (χ0) is 14.9. The van der Waals surface area contributed by atoms with Crippen LogP contribution in [0.15, 0.2) is 17.4 Å². The number of alkyl halides is 1. The normalized spacial score (nSPS) is 34.1. The first-order valence-corrected chi connectivity index (χ1v) is 5.60. The van der Waals surface area contributed by atoms with E-state index in [1.54, 1.807) is 0 Å². The summed E-state index contributed by atoms with van der Waals surface area (Å²) in [5.41, 5.74) is 3.22. The fourth-order valence-electron chi connectivity index (χ4n) is 1.98. The van der Waals surface area contributed by atoms with Gasteiger partial charge in [-0.25, -0.2) is 4.39 Å². The van der Waals surface area contributed by atoms with Gasteiger partial charge in [-0.15, -0.1) is 6.42 Å². The Morgan fingerprint density at radius 2 is 2.40 bits per heavy atom. The van der Waals surface area contributed by atoms with E-state index < -0.39 is 30.7 Å². The van der Waals surface area contributed by atoms with Crippen molar-refractivity contribution in [2.75, 3.05) is 12.3 Å². The van der Waals surface area contributed by atoms with Crippen LogP contribution in [0.1, 0.15) is 6.23 Å². The Balaban J connectivity index is 2.49. The zero-order valence-corrected chi connectivity index (χ0v) is 10.2. The topological polar surface area (TPSA) is 126 Å². The van der Waals surface area contributed by atoms with E-state index in [9.17, 15) is 14.6 Å². The first-order chi connectivity index (χ1) is 9.49. The predicted octanol–water partition coefficient (Wildman–Crippen LogP) is -1.65. The fraction of sp³-hybridized carbons (Fsp3) is 0.455. The summed E-state index contributed by atoms with van der Waals surface area (Å²) in [5, 5.41) is 30.8. The molecule has 108 valence electrons. The monoisotopic (exact) mass is 284 g/mol.